The molecular weight excluding hydrogens is 262 g/mol. The van der Waals surface area contributed by atoms with E-state index in [-0.39, 0.29) is 5.91 Å². The molecule has 1 aromatic carbocycles. The predicted octanol–water partition coefficient (Wildman–Crippen LogP) is 2.60. The van der Waals surface area contributed by atoms with Gasteiger partial charge in [-0.05, 0) is 43.5 Å². The lowest BCUT2D eigenvalue weighted by Gasteiger charge is -2.26. The maximum atomic E-state index is 12.0. The summed E-state index contributed by atoms with van der Waals surface area (Å²) in [5.41, 5.74) is 7.47. The first-order valence-electron chi connectivity index (χ1n) is 7.95. The van der Waals surface area contributed by atoms with Crippen molar-refractivity contribution in [2.75, 3.05) is 25.5 Å². The number of benzene rings is 1. The molecule has 4 heteroatoms. The highest BCUT2D eigenvalue weighted by molar-refractivity contribution is 5.92. The Morgan fingerprint density at radius 3 is 2.52 bits per heavy atom. The van der Waals surface area contributed by atoms with Gasteiger partial charge < -0.3 is 11.1 Å². The van der Waals surface area contributed by atoms with Gasteiger partial charge in [0.1, 0.15) is 0 Å². The van der Waals surface area contributed by atoms with Crippen molar-refractivity contribution < 1.29 is 4.79 Å². The van der Waals surface area contributed by atoms with Crippen LogP contribution in [-0.4, -0.2) is 30.9 Å². The third-order valence-corrected chi connectivity index (χ3v) is 4.18. The number of likely N-dealkylation sites (N-methyl/N-ethyl adjacent to an activating group) is 1. The van der Waals surface area contributed by atoms with Crippen molar-refractivity contribution in [3.63, 3.8) is 0 Å². The number of carbonyl (C=O) groups is 1. The molecule has 0 aromatic heterocycles. The van der Waals surface area contributed by atoms with E-state index in [1.165, 1.54) is 32.1 Å². The molecule has 1 aliphatic carbocycles. The van der Waals surface area contributed by atoms with Crippen LogP contribution in [-0.2, 0) is 11.3 Å². The summed E-state index contributed by atoms with van der Waals surface area (Å²) in [6.07, 6.45) is 6.69. The summed E-state index contributed by atoms with van der Waals surface area (Å²) in [6.45, 7) is 2.01. The molecule has 0 aliphatic heterocycles. The zero-order valence-electron chi connectivity index (χ0n) is 13.0. The summed E-state index contributed by atoms with van der Waals surface area (Å²) >= 11 is 0. The molecule has 0 atom stereocenters. The minimum Gasteiger partial charge on any atom is -0.326 e. The fourth-order valence-corrected chi connectivity index (χ4v) is 3.04. The Morgan fingerprint density at radius 1 is 1.24 bits per heavy atom. The van der Waals surface area contributed by atoms with Crippen molar-refractivity contribution in [1.29, 1.82) is 0 Å². The lowest BCUT2D eigenvalue weighted by molar-refractivity contribution is -0.117. The van der Waals surface area contributed by atoms with E-state index in [0.717, 1.165) is 23.7 Å². The number of amides is 1. The molecule has 0 saturated heterocycles. The van der Waals surface area contributed by atoms with Gasteiger partial charge in [-0.3, -0.25) is 9.69 Å². The summed E-state index contributed by atoms with van der Waals surface area (Å²) in [5.74, 6) is 0.814. The predicted molar refractivity (Wildman–Crippen MR) is 87.0 cm³/mol. The fraction of sp³-hybridized carbons (Fsp3) is 0.588. The lowest BCUT2D eigenvalue weighted by atomic mass is 9.89. The summed E-state index contributed by atoms with van der Waals surface area (Å²) in [6, 6.07) is 7.70. The van der Waals surface area contributed by atoms with Crippen LogP contribution in [0.3, 0.4) is 0 Å². The van der Waals surface area contributed by atoms with Gasteiger partial charge in [0.25, 0.3) is 0 Å². The molecule has 4 nitrogen and oxygen atoms in total. The minimum atomic E-state index is 0.0498. The van der Waals surface area contributed by atoms with Crippen LogP contribution in [0.2, 0.25) is 0 Å². The summed E-state index contributed by atoms with van der Waals surface area (Å²) in [4.78, 5) is 14.2. The topological polar surface area (TPSA) is 58.4 Å². The number of rotatable bonds is 6. The number of nitrogens with one attached hydrogen (secondary N) is 1. The number of carbonyl (C=O) groups excluding carboxylic acids is 1. The molecule has 2 rings (SSSR count). The summed E-state index contributed by atoms with van der Waals surface area (Å²) in [5, 5.41) is 2.94. The molecule has 21 heavy (non-hydrogen) atoms. The zero-order valence-corrected chi connectivity index (χ0v) is 13.0. The average molecular weight is 289 g/mol. The van der Waals surface area contributed by atoms with E-state index in [0.29, 0.717) is 13.1 Å². The van der Waals surface area contributed by atoms with Crippen LogP contribution >= 0.6 is 0 Å². The van der Waals surface area contributed by atoms with E-state index < -0.39 is 0 Å². The molecule has 0 bridgehead atoms. The SMILES string of the molecule is CN(CC(=O)Nc1ccc(CN)cc1)CC1CCCCC1. The van der Waals surface area contributed by atoms with Crippen molar-refractivity contribution in [1.82, 2.24) is 4.90 Å². The van der Waals surface area contributed by atoms with E-state index in [1.54, 1.807) is 0 Å². The normalized spacial score (nSPS) is 16.1. The van der Waals surface area contributed by atoms with Crippen LogP contribution in [0.4, 0.5) is 5.69 Å². The number of anilines is 1. The quantitative estimate of drug-likeness (QED) is 0.846. The first kappa shape index (κ1) is 16.0. The average Bonchev–Trinajstić information content (AvgIpc) is 2.48. The van der Waals surface area contributed by atoms with Crippen molar-refractivity contribution in [3.8, 4) is 0 Å². The number of hydrogen-bond acceptors (Lipinski definition) is 3. The molecule has 116 valence electrons. The Kier molecular flexibility index (Phi) is 6.21. The van der Waals surface area contributed by atoms with Crippen LogP contribution in [0.5, 0.6) is 0 Å². The number of nitrogens with zero attached hydrogens (tertiary/aromatic N) is 1. The molecule has 1 aliphatic rings. The van der Waals surface area contributed by atoms with Crippen LogP contribution in [0, 0.1) is 5.92 Å². The van der Waals surface area contributed by atoms with Crippen molar-refractivity contribution in [2.24, 2.45) is 11.7 Å². The van der Waals surface area contributed by atoms with Gasteiger partial charge in [-0.2, -0.15) is 0 Å². The molecule has 3 N–H and O–H groups in total. The molecule has 0 unspecified atom stereocenters. The maximum Gasteiger partial charge on any atom is 0.238 e. The van der Waals surface area contributed by atoms with Gasteiger partial charge in [0, 0.05) is 18.8 Å². The van der Waals surface area contributed by atoms with Crippen molar-refractivity contribution in [2.45, 2.75) is 38.6 Å². The monoisotopic (exact) mass is 289 g/mol. The molecule has 1 amide bonds. The van der Waals surface area contributed by atoms with Gasteiger partial charge >= 0.3 is 0 Å². The Labute approximate surface area is 127 Å². The van der Waals surface area contributed by atoms with E-state index in [1.807, 2.05) is 31.3 Å². The largest absolute Gasteiger partial charge is 0.326 e. The van der Waals surface area contributed by atoms with Gasteiger partial charge in [-0.1, -0.05) is 31.4 Å². The Bertz CT molecular complexity index is 438. The molecule has 1 fully saturated rings. The zero-order chi connectivity index (χ0) is 15.1. The fourth-order valence-electron chi connectivity index (χ4n) is 3.04. The van der Waals surface area contributed by atoms with Gasteiger partial charge in [-0.15, -0.1) is 0 Å². The van der Waals surface area contributed by atoms with Gasteiger partial charge in [0.15, 0.2) is 0 Å². The van der Waals surface area contributed by atoms with E-state index in [4.69, 9.17) is 5.73 Å². The molecule has 0 radical (unpaired) electrons. The molecule has 1 aromatic rings. The molecule has 1 saturated carbocycles. The highest BCUT2D eigenvalue weighted by Crippen LogP contribution is 2.24. The van der Waals surface area contributed by atoms with Crippen LogP contribution in [0.15, 0.2) is 24.3 Å². The van der Waals surface area contributed by atoms with E-state index >= 15 is 0 Å². The third-order valence-electron chi connectivity index (χ3n) is 4.18. The highest BCUT2D eigenvalue weighted by Gasteiger charge is 2.16. The smallest absolute Gasteiger partial charge is 0.238 e. The second-order valence-corrected chi connectivity index (χ2v) is 6.15. The highest BCUT2D eigenvalue weighted by atomic mass is 16.2. The molecular formula is C17H27N3O. The van der Waals surface area contributed by atoms with Crippen molar-refractivity contribution >= 4 is 11.6 Å². The lowest BCUT2D eigenvalue weighted by Crippen LogP contribution is -2.34. The van der Waals surface area contributed by atoms with Crippen molar-refractivity contribution in [3.05, 3.63) is 29.8 Å². The second kappa shape index (κ2) is 8.15. The van der Waals surface area contributed by atoms with Gasteiger partial charge in [0.2, 0.25) is 5.91 Å². The Hall–Kier alpha value is -1.39. The number of nitrogens with two attached hydrogens (primary N) is 1. The Morgan fingerprint density at radius 2 is 1.90 bits per heavy atom. The van der Waals surface area contributed by atoms with Crippen LogP contribution < -0.4 is 11.1 Å². The van der Waals surface area contributed by atoms with E-state index in [9.17, 15) is 4.79 Å². The van der Waals surface area contributed by atoms with Gasteiger partial charge in [-0.25, -0.2) is 0 Å². The summed E-state index contributed by atoms with van der Waals surface area (Å²) < 4.78 is 0. The molecule has 0 heterocycles. The second-order valence-electron chi connectivity index (χ2n) is 6.15. The first-order chi connectivity index (χ1) is 10.2. The minimum absolute atomic E-state index is 0.0498. The van der Waals surface area contributed by atoms with Gasteiger partial charge in [0.05, 0.1) is 6.54 Å². The van der Waals surface area contributed by atoms with Crippen LogP contribution in [0.1, 0.15) is 37.7 Å². The summed E-state index contributed by atoms with van der Waals surface area (Å²) in [7, 11) is 2.03. The number of hydrogen-bond donors (Lipinski definition) is 2. The standard InChI is InChI=1S/C17H27N3O/c1-20(12-15-5-3-2-4-6-15)13-17(21)19-16-9-7-14(11-18)8-10-16/h7-10,15H,2-6,11-13,18H2,1H3,(H,19,21). The first-order valence-corrected chi connectivity index (χ1v) is 7.95. The Balaban J connectivity index is 1.74. The molecule has 0 spiro atoms. The maximum absolute atomic E-state index is 12.0. The van der Waals surface area contributed by atoms with Crippen LogP contribution in [0.25, 0.3) is 0 Å². The third kappa shape index (κ3) is 5.48. The van der Waals surface area contributed by atoms with E-state index in [2.05, 4.69) is 10.2 Å².